The van der Waals surface area contributed by atoms with Crippen LogP contribution in [0.1, 0.15) is 65.8 Å². The summed E-state index contributed by atoms with van der Waals surface area (Å²) in [5.41, 5.74) is 2.77. The van der Waals surface area contributed by atoms with Gasteiger partial charge in [0.2, 0.25) is 5.95 Å². The molecule has 4 rings (SSSR count). The van der Waals surface area contributed by atoms with Gasteiger partial charge in [-0.3, -0.25) is 0 Å². The number of halogens is 1. The van der Waals surface area contributed by atoms with E-state index in [0.717, 1.165) is 24.9 Å². The fraction of sp³-hybridized carbons (Fsp3) is 0.320. The molecule has 166 valence electrons. The number of aromatic nitrogens is 2. The summed E-state index contributed by atoms with van der Waals surface area (Å²) >= 11 is 6.04. The SMILES string of the molecule is CC(C)c1ccc(OCc2nc(N3CCCC3c3ccc(Cl)cc3)ncc2C(=O)O)cc1. The molecule has 6 nitrogen and oxygen atoms in total. The molecule has 1 unspecified atom stereocenters. The summed E-state index contributed by atoms with van der Waals surface area (Å²) in [5, 5.41) is 10.3. The van der Waals surface area contributed by atoms with Crippen LogP contribution in [-0.2, 0) is 6.61 Å². The van der Waals surface area contributed by atoms with E-state index in [-0.39, 0.29) is 18.2 Å². The molecule has 0 bridgehead atoms. The van der Waals surface area contributed by atoms with Gasteiger partial charge in [-0.05, 0) is 54.2 Å². The average Bonchev–Trinajstić information content (AvgIpc) is 3.28. The third kappa shape index (κ3) is 4.86. The summed E-state index contributed by atoms with van der Waals surface area (Å²) in [7, 11) is 0. The lowest BCUT2D eigenvalue weighted by Crippen LogP contribution is -2.26. The second-order valence-electron chi connectivity index (χ2n) is 8.25. The molecule has 0 radical (unpaired) electrons. The maximum absolute atomic E-state index is 11.7. The summed E-state index contributed by atoms with van der Waals surface area (Å²) in [4.78, 5) is 22.8. The van der Waals surface area contributed by atoms with Gasteiger partial charge >= 0.3 is 5.97 Å². The third-order valence-electron chi connectivity index (χ3n) is 5.77. The number of carbonyl (C=O) groups is 1. The highest BCUT2D eigenvalue weighted by Crippen LogP contribution is 2.35. The molecule has 32 heavy (non-hydrogen) atoms. The van der Waals surface area contributed by atoms with Crippen molar-refractivity contribution in [3.05, 3.63) is 82.1 Å². The minimum atomic E-state index is -1.07. The van der Waals surface area contributed by atoms with E-state index in [1.807, 2.05) is 48.5 Å². The van der Waals surface area contributed by atoms with E-state index in [0.29, 0.717) is 28.3 Å². The lowest BCUT2D eigenvalue weighted by atomic mass is 10.0. The van der Waals surface area contributed by atoms with Crippen molar-refractivity contribution in [2.45, 2.75) is 45.3 Å². The van der Waals surface area contributed by atoms with Crippen molar-refractivity contribution >= 4 is 23.5 Å². The topological polar surface area (TPSA) is 75.5 Å². The second-order valence-corrected chi connectivity index (χ2v) is 8.69. The van der Waals surface area contributed by atoms with E-state index in [1.165, 1.54) is 11.8 Å². The average molecular weight is 452 g/mol. The van der Waals surface area contributed by atoms with Crippen LogP contribution in [0.2, 0.25) is 5.02 Å². The van der Waals surface area contributed by atoms with E-state index in [2.05, 4.69) is 28.7 Å². The Bertz CT molecular complexity index is 1080. The van der Waals surface area contributed by atoms with Gasteiger partial charge in [0.05, 0.1) is 11.7 Å². The van der Waals surface area contributed by atoms with E-state index in [9.17, 15) is 9.90 Å². The summed E-state index contributed by atoms with van der Waals surface area (Å²) in [5.74, 6) is 0.550. The van der Waals surface area contributed by atoms with Crippen molar-refractivity contribution < 1.29 is 14.6 Å². The van der Waals surface area contributed by atoms with Crippen LogP contribution in [0.5, 0.6) is 5.75 Å². The first-order valence-electron chi connectivity index (χ1n) is 10.8. The summed E-state index contributed by atoms with van der Waals surface area (Å²) in [6.07, 6.45) is 3.35. The molecule has 1 fully saturated rings. The Kier molecular flexibility index (Phi) is 6.61. The van der Waals surface area contributed by atoms with Crippen LogP contribution in [0.3, 0.4) is 0 Å². The van der Waals surface area contributed by atoms with Crippen molar-refractivity contribution in [2.75, 3.05) is 11.4 Å². The van der Waals surface area contributed by atoms with Crippen LogP contribution in [-0.4, -0.2) is 27.6 Å². The molecule has 0 saturated carbocycles. The molecular formula is C25H26ClN3O3. The largest absolute Gasteiger partial charge is 0.487 e. The highest BCUT2D eigenvalue weighted by molar-refractivity contribution is 6.30. The van der Waals surface area contributed by atoms with Gasteiger partial charge in [0.1, 0.15) is 17.9 Å². The van der Waals surface area contributed by atoms with Gasteiger partial charge in [-0.1, -0.05) is 49.7 Å². The molecule has 1 aliphatic heterocycles. The Labute approximate surface area is 192 Å². The van der Waals surface area contributed by atoms with Crippen LogP contribution >= 0.6 is 11.6 Å². The zero-order valence-electron chi connectivity index (χ0n) is 18.2. The van der Waals surface area contributed by atoms with Crippen LogP contribution in [0.4, 0.5) is 5.95 Å². The maximum atomic E-state index is 11.7. The number of rotatable bonds is 7. The summed E-state index contributed by atoms with van der Waals surface area (Å²) < 4.78 is 5.87. The van der Waals surface area contributed by atoms with Crippen LogP contribution in [0, 0.1) is 0 Å². The van der Waals surface area contributed by atoms with E-state index in [1.54, 1.807) is 0 Å². The molecule has 7 heteroatoms. The maximum Gasteiger partial charge on any atom is 0.339 e. The first-order chi connectivity index (χ1) is 15.4. The molecule has 1 N–H and O–H groups in total. The fourth-order valence-corrected chi connectivity index (χ4v) is 4.10. The second kappa shape index (κ2) is 9.57. The third-order valence-corrected chi connectivity index (χ3v) is 6.02. The monoisotopic (exact) mass is 451 g/mol. The molecular weight excluding hydrogens is 426 g/mol. The Morgan fingerprint density at radius 3 is 2.56 bits per heavy atom. The highest BCUT2D eigenvalue weighted by atomic mass is 35.5. The fourth-order valence-electron chi connectivity index (χ4n) is 3.97. The lowest BCUT2D eigenvalue weighted by Gasteiger charge is -2.25. The molecule has 2 heterocycles. The van der Waals surface area contributed by atoms with E-state index < -0.39 is 5.97 Å². The summed E-state index contributed by atoms with van der Waals surface area (Å²) in [6, 6.07) is 15.7. The molecule has 1 aromatic heterocycles. The molecule has 0 spiro atoms. The van der Waals surface area contributed by atoms with Crippen molar-refractivity contribution in [1.82, 2.24) is 9.97 Å². The molecule has 1 atom stereocenters. The van der Waals surface area contributed by atoms with Crippen molar-refractivity contribution in [3.8, 4) is 5.75 Å². The number of nitrogens with zero attached hydrogens (tertiary/aromatic N) is 3. The lowest BCUT2D eigenvalue weighted by molar-refractivity contribution is 0.0692. The van der Waals surface area contributed by atoms with Gasteiger partial charge in [-0.15, -0.1) is 0 Å². The van der Waals surface area contributed by atoms with E-state index in [4.69, 9.17) is 16.3 Å². The number of carboxylic acid groups (broad SMARTS) is 1. The first kappa shape index (κ1) is 22.1. The molecule has 0 aliphatic carbocycles. The molecule has 3 aromatic rings. The quantitative estimate of drug-likeness (QED) is 0.484. The minimum absolute atomic E-state index is 0.0507. The Hall–Kier alpha value is -3.12. The van der Waals surface area contributed by atoms with Crippen LogP contribution in [0.25, 0.3) is 0 Å². The number of anilines is 1. The predicted octanol–water partition coefficient (Wildman–Crippen LogP) is 5.87. The van der Waals surface area contributed by atoms with Crippen LogP contribution in [0.15, 0.2) is 54.7 Å². The van der Waals surface area contributed by atoms with Crippen molar-refractivity contribution in [1.29, 1.82) is 0 Å². The minimum Gasteiger partial charge on any atom is -0.487 e. The highest BCUT2D eigenvalue weighted by Gasteiger charge is 2.29. The molecule has 2 aromatic carbocycles. The number of hydrogen-bond acceptors (Lipinski definition) is 5. The molecule has 1 aliphatic rings. The number of ether oxygens (including phenoxy) is 1. The Balaban J connectivity index is 1.57. The van der Waals surface area contributed by atoms with Gasteiger partial charge < -0.3 is 14.7 Å². The normalized spacial score (nSPS) is 15.9. The van der Waals surface area contributed by atoms with Gasteiger partial charge in [-0.25, -0.2) is 14.8 Å². The summed E-state index contributed by atoms with van der Waals surface area (Å²) in [6.45, 7) is 5.12. The first-order valence-corrected chi connectivity index (χ1v) is 11.1. The smallest absolute Gasteiger partial charge is 0.339 e. The molecule has 1 saturated heterocycles. The number of aromatic carboxylic acids is 1. The van der Waals surface area contributed by atoms with Crippen molar-refractivity contribution in [2.24, 2.45) is 0 Å². The Morgan fingerprint density at radius 2 is 1.91 bits per heavy atom. The number of carboxylic acids is 1. The van der Waals surface area contributed by atoms with Gasteiger partial charge in [0, 0.05) is 17.8 Å². The number of benzene rings is 2. The van der Waals surface area contributed by atoms with Crippen molar-refractivity contribution in [3.63, 3.8) is 0 Å². The Morgan fingerprint density at radius 1 is 1.19 bits per heavy atom. The van der Waals surface area contributed by atoms with E-state index >= 15 is 0 Å². The van der Waals surface area contributed by atoms with Gasteiger partial charge in [0.25, 0.3) is 0 Å². The standard InChI is InChI=1S/C25H26ClN3O3/c1-16(2)17-7-11-20(12-8-17)32-15-22-21(24(30)31)14-27-25(28-22)29-13-3-4-23(29)18-5-9-19(26)10-6-18/h5-12,14,16,23H,3-4,13,15H2,1-2H3,(H,30,31). The predicted molar refractivity (Wildman–Crippen MR) is 125 cm³/mol. The zero-order chi connectivity index (χ0) is 22.7. The van der Waals surface area contributed by atoms with Gasteiger partial charge in [-0.2, -0.15) is 0 Å². The number of hydrogen-bond donors (Lipinski definition) is 1. The zero-order valence-corrected chi connectivity index (χ0v) is 18.9. The molecule has 0 amide bonds. The van der Waals surface area contributed by atoms with Crippen LogP contribution < -0.4 is 9.64 Å². The van der Waals surface area contributed by atoms with Gasteiger partial charge in [0.15, 0.2) is 0 Å².